The lowest BCUT2D eigenvalue weighted by Crippen LogP contribution is -2.31. The van der Waals surface area contributed by atoms with E-state index in [0.717, 1.165) is 12.1 Å². The summed E-state index contributed by atoms with van der Waals surface area (Å²) >= 11 is 0. The zero-order valence-corrected chi connectivity index (χ0v) is 12.9. The molecular weight excluding hydrogens is 262 g/mol. The summed E-state index contributed by atoms with van der Waals surface area (Å²) in [5.41, 5.74) is 0.979. The highest BCUT2D eigenvalue weighted by Crippen LogP contribution is 2.13. The lowest BCUT2D eigenvalue weighted by Gasteiger charge is -2.18. The van der Waals surface area contributed by atoms with Gasteiger partial charge < -0.3 is 5.32 Å². The molecule has 1 heterocycles. The van der Waals surface area contributed by atoms with E-state index < -0.39 is 10.0 Å². The van der Waals surface area contributed by atoms with Crippen molar-refractivity contribution in [1.29, 1.82) is 0 Å². The van der Waals surface area contributed by atoms with Crippen LogP contribution in [0.25, 0.3) is 0 Å². The SMILES string of the molecule is CCNCc1ccc(S(=O)(=O)N(C)CC(C)C)nc1. The third kappa shape index (κ3) is 4.56. The molecule has 19 heavy (non-hydrogen) atoms. The van der Waals surface area contributed by atoms with E-state index in [0.29, 0.717) is 13.1 Å². The van der Waals surface area contributed by atoms with Crippen molar-refractivity contribution in [1.82, 2.24) is 14.6 Å². The summed E-state index contributed by atoms with van der Waals surface area (Å²) in [6.45, 7) is 8.05. The molecule has 0 radical (unpaired) electrons. The molecule has 0 saturated heterocycles. The van der Waals surface area contributed by atoms with Gasteiger partial charge in [-0.1, -0.05) is 26.8 Å². The lowest BCUT2D eigenvalue weighted by molar-refractivity contribution is 0.415. The Morgan fingerprint density at radius 2 is 2.05 bits per heavy atom. The van der Waals surface area contributed by atoms with E-state index in [1.54, 1.807) is 25.4 Å². The fraction of sp³-hybridized carbons (Fsp3) is 0.615. The first-order chi connectivity index (χ1) is 8.87. The smallest absolute Gasteiger partial charge is 0.260 e. The maximum Gasteiger partial charge on any atom is 0.260 e. The molecule has 0 aliphatic heterocycles. The first-order valence-corrected chi connectivity index (χ1v) is 7.94. The van der Waals surface area contributed by atoms with Crippen molar-refractivity contribution in [3.05, 3.63) is 23.9 Å². The van der Waals surface area contributed by atoms with E-state index in [-0.39, 0.29) is 10.9 Å². The molecule has 1 aromatic rings. The first kappa shape index (κ1) is 16.1. The fourth-order valence-corrected chi connectivity index (χ4v) is 2.95. The third-order valence-electron chi connectivity index (χ3n) is 2.67. The van der Waals surface area contributed by atoms with Gasteiger partial charge >= 0.3 is 0 Å². The van der Waals surface area contributed by atoms with Crippen LogP contribution < -0.4 is 5.32 Å². The van der Waals surface area contributed by atoms with Crippen molar-refractivity contribution in [3.8, 4) is 0 Å². The second-order valence-electron chi connectivity index (χ2n) is 4.96. The second kappa shape index (κ2) is 6.98. The van der Waals surface area contributed by atoms with Crippen molar-refractivity contribution < 1.29 is 8.42 Å². The van der Waals surface area contributed by atoms with Crippen LogP contribution in [0.5, 0.6) is 0 Å². The maximum atomic E-state index is 12.2. The molecule has 1 aromatic heterocycles. The summed E-state index contributed by atoms with van der Waals surface area (Å²) in [5, 5.41) is 3.28. The van der Waals surface area contributed by atoms with Gasteiger partial charge in [-0.2, -0.15) is 4.31 Å². The molecule has 108 valence electrons. The number of pyridine rings is 1. The van der Waals surface area contributed by atoms with Gasteiger partial charge in [-0.25, -0.2) is 13.4 Å². The minimum atomic E-state index is -3.47. The number of sulfonamides is 1. The molecule has 0 aromatic carbocycles. The Balaban J connectivity index is 2.84. The van der Waals surface area contributed by atoms with E-state index in [1.807, 2.05) is 20.8 Å². The Kier molecular flexibility index (Phi) is 5.90. The Morgan fingerprint density at radius 3 is 2.53 bits per heavy atom. The minimum absolute atomic E-state index is 0.107. The Bertz CT molecular complexity index is 483. The van der Waals surface area contributed by atoms with Crippen LogP contribution >= 0.6 is 0 Å². The largest absolute Gasteiger partial charge is 0.313 e. The average Bonchev–Trinajstić information content (AvgIpc) is 2.36. The fourth-order valence-electron chi connectivity index (χ4n) is 1.71. The van der Waals surface area contributed by atoms with Crippen LogP contribution in [-0.2, 0) is 16.6 Å². The highest BCUT2D eigenvalue weighted by atomic mass is 32.2. The third-order valence-corrected chi connectivity index (χ3v) is 4.41. The molecule has 0 atom stereocenters. The molecule has 6 heteroatoms. The Hall–Kier alpha value is -0.980. The van der Waals surface area contributed by atoms with Crippen LogP contribution in [0.4, 0.5) is 0 Å². The highest BCUT2D eigenvalue weighted by Gasteiger charge is 2.22. The van der Waals surface area contributed by atoms with Crippen LogP contribution in [0, 0.1) is 5.92 Å². The molecule has 0 bridgehead atoms. The van der Waals surface area contributed by atoms with Crippen LogP contribution in [-0.4, -0.2) is 37.8 Å². The summed E-state index contributed by atoms with van der Waals surface area (Å²) in [4.78, 5) is 4.06. The van der Waals surface area contributed by atoms with Gasteiger partial charge in [-0.05, 0) is 24.1 Å². The normalized spacial score (nSPS) is 12.3. The van der Waals surface area contributed by atoms with E-state index in [4.69, 9.17) is 0 Å². The first-order valence-electron chi connectivity index (χ1n) is 6.50. The molecule has 0 amide bonds. The molecule has 1 rings (SSSR count). The predicted octanol–water partition coefficient (Wildman–Crippen LogP) is 1.47. The summed E-state index contributed by atoms with van der Waals surface area (Å²) in [5.74, 6) is 0.285. The maximum absolute atomic E-state index is 12.2. The van der Waals surface area contributed by atoms with Gasteiger partial charge in [0.25, 0.3) is 10.0 Å². The van der Waals surface area contributed by atoms with Crippen molar-refractivity contribution >= 4 is 10.0 Å². The molecule has 5 nitrogen and oxygen atoms in total. The molecule has 0 aliphatic rings. The number of nitrogens with one attached hydrogen (secondary N) is 1. The predicted molar refractivity (Wildman–Crippen MR) is 76.3 cm³/mol. The van der Waals surface area contributed by atoms with Gasteiger partial charge in [-0.3, -0.25) is 0 Å². The van der Waals surface area contributed by atoms with E-state index in [1.165, 1.54) is 4.31 Å². The van der Waals surface area contributed by atoms with Crippen LogP contribution in [0.2, 0.25) is 0 Å². The molecule has 0 saturated carbocycles. The van der Waals surface area contributed by atoms with Crippen molar-refractivity contribution in [2.75, 3.05) is 20.1 Å². The molecule has 0 aliphatic carbocycles. The lowest BCUT2D eigenvalue weighted by atomic mass is 10.2. The molecule has 0 fully saturated rings. The van der Waals surface area contributed by atoms with E-state index >= 15 is 0 Å². The quantitative estimate of drug-likeness (QED) is 0.824. The Labute approximate surface area is 116 Å². The number of hydrogen-bond donors (Lipinski definition) is 1. The highest BCUT2D eigenvalue weighted by molar-refractivity contribution is 7.89. The van der Waals surface area contributed by atoms with Crippen LogP contribution in [0.1, 0.15) is 26.3 Å². The standard InChI is InChI=1S/C13H23N3O2S/c1-5-14-8-12-6-7-13(15-9-12)19(17,18)16(4)10-11(2)3/h6-7,9,11,14H,5,8,10H2,1-4H3. The van der Waals surface area contributed by atoms with Crippen molar-refractivity contribution in [2.24, 2.45) is 5.92 Å². The zero-order chi connectivity index (χ0) is 14.5. The summed E-state index contributed by atoms with van der Waals surface area (Å²) in [6, 6.07) is 3.37. The second-order valence-corrected chi connectivity index (χ2v) is 6.96. The van der Waals surface area contributed by atoms with Gasteiger partial charge in [0.05, 0.1) is 0 Å². The topological polar surface area (TPSA) is 62.3 Å². The van der Waals surface area contributed by atoms with Crippen molar-refractivity contribution in [2.45, 2.75) is 32.3 Å². The summed E-state index contributed by atoms with van der Waals surface area (Å²) < 4.78 is 25.8. The molecule has 0 unspecified atom stereocenters. The van der Waals surface area contributed by atoms with Crippen molar-refractivity contribution in [3.63, 3.8) is 0 Å². The van der Waals surface area contributed by atoms with Gasteiger partial charge in [0, 0.05) is 26.3 Å². The number of aromatic nitrogens is 1. The van der Waals surface area contributed by atoms with Gasteiger partial charge in [0.1, 0.15) is 0 Å². The van der Waals surface area contributed by atoms with Gasteiger partial charge in [0.2, 0.25) is 0 Å². The number of hydrogen-bond acceptors (Lipinski definition) is 4. The van der Waals surface area contributed by atoms with E-state index in [2.05, 4.69) is 10.3 Å². The molecular formula is C13H23N3O2S. The van der Waals surface area contributed by atoms with E-state index in [9.17, 15) is 8.42 Å². The van der Waals surface area contributed by atoms with Gasteiger partial charge in [-0.15, -0.1) is 0 Å². The van der Waals surface area contributed by atoms with Crippen LogP contribution in [0.3, 0.4) is 0 Å². The number of rotatable bonds is 7. The monoisotopic (exact) mass is 285 g/mol. The zero-order valence-electron chi connectivity index (χ0n) is 12.0. The van der Waals surface area contributed by atoms with Gasteiger partial charge in [0.15, 0.2) is 5.03 Å². The average molecular weight is 285 g/mol. The minimum Gasteiger partial charge on any atom is -0.313 e. The van der Waals surface area contributed by atoms with Crippen LogP contribution in [0.15, 0.2) is 23.4 Å². The Morgan fingerprint density at radius 1 is 1.37 bits per heavy atom. The summed E-state index contributed by atoms with van der Waals surface area (Å²) in [6.07, 6.45) is 1.61. The summed E-state index contributed by atoms with van der Waals surface area (Å²) in [7, 11) is -1.88. The number of nitrogens with zero attached hydrogens (tertiary/aromatic N) is 2. The molecule has 1 N–H and O–H groups in total. The molecule has 0 spiro atoms.